The van der Waals surface area contributed by atoms with Gasteiger partial charge < -0.3 is 4.74 Å². The second-order valence-electron chi connectivity index (χ2n) is 3.94. The van der Waals surface area contributed by atoms with Gasteiger partial charge in [-0.3, -0.25) is 4.90 Å². The maximum Gasteiger partial charge on any atom is 0.340 e. The molecule has 0 unspecified atom stereocenters. The van der Waals surface area contributed by atoms with Crippen LogP contribution in [0.3, 0.4) is 0 Å². The van der Waals surface area contributed by atoms with E-state index in [1.807, 2.05) is 0 Å². The molecule has 1 saturated heterocycles. The minimum Gasteiger partial charge on any atom is -0.465 e. The van der Waals surface area contributed by atoms with E-state index >= 15 is 0 Å². The van der Waals surface area contributed by atoms with E-state index in [9.17, 15) is 9.18 Å². The van der Waals surface area contributed by atoms with E-state index < -0.39 is 11.8 Å². The lowest BCUT2D eigenvalue weighted by Gasteiger charge is -2.30. The lowest BCUT2D eigenvalue weighted by Crippen LogP contribution is -2.36. The van der Waals surface area contributed by atoms with Gasteiger partial charge in [0.05, 0.1) is 12.7 Å². The molecular weight excluding hydrogens is 209 g/mol. The zero-order chi connectivity index (χ0) is 11.5. The van der Waals surface area contributed by atoms with E-state index in [0.29, 0.717) is 0 Å². The number of carbonyl (C=O) groups excluding carboxylic acids is 1. The average molecular weight is 223 g/mol. The summed E-state index contributed by atoms with van der Waals surface area (Å²) >= 11 is 0. The molecule has 1 aliphatic heterocycles. The molecule has 0 aliphatic carbocycles. The number of likely N-dealkylation sites (tertiary alicyclic amines) is 1. The Balaban J connectivity index is 2.11. The quantitative estimate of drug-likeness (QED) is 0.732. The molecule has 0 bridgehead atoms. The van der Waals surface area contributed by atoms with Crippen LogP contribution >= 0.6 is 0 Å². The molecule has 0 amide bonds. The highest BCUT2D eigenvalue weighted by molar-refractivity contribution is 5.89. The summed E-state index contributed by atoms with van der Waals surface area (Å²) in [6.45, 7) is 2.89. The van der Waals surface area contributed by atoms with Crippen molar-refractivity contribution in [1.82, 2.24) is 4.90 Å². The van der Waals surface area contributed by atoms with E-state index in [0.717, 1.165) is 25.2 Å². The number of halogens is 1. The molecule has 3 nitrogen and oxygen atoms in total. The van der Waals surface area contributed by atoms with Crippen molar-refractivity contribution in [2.24, 2.45) is 0 Å². The van der Waals surface area contributed by atoms with Gasteiger partial charge in [0.2, 0.25) is 0 Å². The van der Waals surface area contributed by atoms with Crippen molar-refractivity contribution in [3.05, 3.63) is 35.1 Å². The van der Waals surface area contributed by atoms with Gasteiger partial charge in [0.1, 0.15) is 5.82 Å². The van der Waals surface area contributed by atoms with E-state index in [2.05, 4.69) is 9.64 Å². The third-order valence-electron chi connectivity index (χ3n) is 2.79. The molecule has 0 saturated carbocycles. The van der Waals surface area contributed by atoms with Gasteiger partial charge in [-0.1, -0.05) is 6.07 Å². The van der Waals surface area contributed by atoms with Crippen LogP contribution in [0.15, 0.2) is 18.2 Å². The van der Waals surface area contributed by atoms with Gasteiger partial charge in [0, 0.05) is 6.54 Å². The number of benzene rings is 1. The Labute approximate surface area is 93.8 Å². The fraction of sp³-hybridized carbons (Fsp3) is 0.417. The van der Waals surface area contributed by atoms with Gasteiger partial charge in [-0.2, -0.15) is 0 Å². The van der Waals surface area contributed by atoms with Crippen LogP contribution in [0.25, 0.3) is 0 Å². The smallest absolute Gasteiger partial charge is 0.340 e. The Morgan fingerprint density at radius 1 is 1.50 bits per heavy atom. The number of methoxy groups -OCH3 is 1. The van der Waals surface area contributed by atoms with Gasteiger partial charge in [-0.05, 0) is 37.2 Å². The standard InChI is InChI=1S/C12H14FNO2/c1-16-12(15)10-4-3-9(7-11(10)13)8-14-5-2-6-14/h3-4,7H,2,5-6,8H2,1H3. The van der Waals surface area contributed by atoms with Crippen LogP contribution in [-0.4, -0.2) is 31.1 Å². The minimum absolute atomic E-state index is 0.00476. The molecule has 1 aliphatic rings. The summed E-state index contributed by atoms with van der Waals surface area (Å²) in [7, 11) is 1.25. The van der Waals surface area contributed by atoms with Crippen LogP contribution in [0.4, 0.5) is 4.39 Å². The Morgan fingerprint density at radius 2 is 2.25 bits per heavy atom. The van der Waals surface area contributed by atoms with Crippen LogP contribution in [0.1, 0.15) is 22.3 Å². The van der Waals surface area contributed by atoms with Crippen molar-refractivity contribution in [1.29, 1.82) is 0 Å². The number of nitrogens with zero attached hydrogens (tertiary/aromatic N) is 1. The van der Waals surface area contributed by atoms with Crippen molar-refractivity contribution in [3.8, 4) is 0 Å². The summed E-state index contributed by atoms with van der Waals surface area (Å²) in [6, 6.07) is 4.66. The first-order valence-electron chi connectivity index (χ1n) is 5.30. The molecule has 1 heterocycles. The fourth-order valence-electron chi connectivity index (χ4n) is 1.73. The van der Waals surface area contributed by atoms with Crippen LogP contribution in [0.2, 0.25) is 0 Å². The molecule has 1 aromatic rings. The number of hydrogen-bond acceptors (Lipinski definition) is 3. The summed E-state index contributed by atoms with van der Waals surface area (Å²) in [5, 5.41) is 0. The van der Waals surface area contributed by atoms with Crippen LogP contribution < -0.4 is 0 Å². The maximum absolute atomic E-state index is 13.5. The zero-order valence-corrected chi connectivity index (χ0v) is 9.20. The van der Waals surface area contributed by atoms with Crippen molar-refractivity contribution in [2.45, 2.75) is 13.0 Å². The summed E-state index contributed by atoms with van der Waals surface area (Å²) in [5.74, 6) is -1.14. The molecular formula is C12H14FNO2. The second-order valence-corrected chi connectivity index (χ2v) is 3.94. The monoisotopic (exact) mass is 223 g/mol. The molecule has 0 atom stereocenters. The highest BCUT2D eigenvalue weighted by Crippen LogP contribution is 2.16. The minimum atomic E-state index is -0.631. The summed E-state index contributed by atoms with van der Waals surface area (Å²) in [5.41, 5.74) is 0.889. The van der Waals surface area contributed by atoms with Crippen LogP contribution in [0.5, 0.6) is 0 Å². The zero-order valence-electron chi connectivity index (χ0n) is 9.20. The van der Waals surface area contributed by atoms with E-state index in [-0.39, 0.29) is 5.56 Å². The molecule has 0 spiro atoms. The Bertz CT molecular complexity index is 402. The van der Waals surface area contributed by atoms with E-state index in [4.69, 9.17) is 0 Å². The molecule has 1 fully saturated rings. The van der Waals surface area contributed by atoms with Gasteiger partial charge in [-0.25, -0.2) is 9.18 Å². The highest BCUT2D eigenvalue weighted by Gasteiger charge is 2.16. The average Bonchev–Trinajstić information content (AvgIpc) is 2.23. The SMILES string of the molecule is COC(=O)c1ccc(CN2CCC2)cc1F. The number of rotatable bonds is 3. The second kappa shape index (κ2) is 4.61. The number of esters is 1. The van der Waals surface area contributed by atoms with E-state index in [1.165, 1.54) is 25.7 Å². The normalized spacial score (nSPS) is 15.6. The van der Waals surface area contributed by atoms with Crippen LogP contribution in [-0.2, 0) is 11.3 Å². The molecule has 2 rings (SSSR count). The fourth-order valence-corrected chi connectivity index (χ4v) is 1.73. The first kappa shape index (κ1) is 11.1. The number of ether oxygens (including phenoxy) is 1. The van der Waals surface area contributed by atoms with Crippen molar-refractivity contribution in [3.63, 3.8) is 0 Å². The first-order valence-corrected chi connectivity index (χ1v) is 5.30. The topological polar surface area (TPSA) is 29.5 Å². The summed E-state index contributed by atoms with van der Waals surface area (Å²) in [6.07, 6.45) is 1.21. The molecule has 0 aromatic heterocycles. The van der Waals surface area contributed by atoms with Crippen molar-refractivity contribution < 1.29 is 13.9 Å². The molecule has 0 radical (unpaired) electrons. The Kier molecular flexibility index (Phi) is 3.19. The van der Waals surface area contributed by atoms with Gasteiger partial charge in [0.15, 0.2) is 0 Å². The summed E-state index contributed by atoms with van der Waals surface area (Å²) < 4.78 is 18.0. The lowest BCUT2D eigenvalue weighted by molar-refractivity contribution is 0.0595. The Hall–Kier alpha value is -1.42. The highest BCUT2D eigenvalue weighted by atomic mass is 19.1. The molecule has 16 heavy (non-hydrogen) atoms. The Morgan fingerprint density at radius 3 is 2.75 bits per heavy atom. The number of carbonyl (C=O) groups is 1. The van der Waals surface area contributed by atoms with E-state index in [1.54, 1.807) is 6.07 Å². The third-order valence-corrected chi connectivity index (χ3v) is 2.79. The molecule has 4 heteroatoms. The predicted molar refractivity (Wildman–Crippen MR) is 57.6 cm³/mol. The molecule has 86 valence electrons. The van der Waals surface area contributed by atoms with Crippen molar-refractivity contribution in [2.75, 3.05) is 20.2 Å². The van der Waals surface area contributed by atoms with Crippen LogP contribution in [0, 0.1) is 5.82 Å². The summed E-state index contributed by atoms with van der Waals surface area (Å²) in [4.78, 5) is 13.4. The molecule has 0 N–H and O–H groups in total. The van der Waals surface area contributed by atoms with Gasteiger partial charge in [0.25, 0.3) is 0 Å². The third kappa shape index (κ3) is 2.22. The number of hydrogen-bond donors (Lipinski definition) is 0. The van der Waals surface area contributed by atoms with Gasteiger partial charge >= 0.3 is 5.97 Å². The largest absolute Gasteiger partial charge is 0.465 e. The van der Waals surface area contributed by atoms with Gasteiger partial charge in [-0.15, -0.1) is 0 Å². The lowest BCUT2D eigenvalue weighted by atomic mass is 10.1. The first-order chi connectivity index (χ1) is 7.70. The van der Waals surface area contributed by atoms with Crippen molar-refractivity contribution >= 4 is 5.97 Å². The predicted octanol–water partition coefficient (Wildman–Crippen LogP) is 1.82. The maximum atomic E-state index is 13.5. The molecule has 1 aromatic carbocycles.